The van der Waals surface area contributed by atoms with Crippen LogP contribution in [0.5, 0.6) is 0 Å². The molecular formula is C16H21N3O3. The van der Waals surface area contributed by atoms with E-state index in [1.54, 1.807) is 13.8 Å². The first-order chi connectivity index (χ1) is 10.3. The molecule has 0 radical (unpaired) electrons. The van der Waals surface area contributed by atoms with Crippen molar-refractivity contribution in [3.05, 3.63) is 41.2 Å². The summed E-state index contributed by atoms with van der Waals surface area (Å²) >= 11 is 0. The molecule has 118 valence electrons. The molecule has 0 saturated carbocycles. The van der Waals surface area contributed by atoms with Gasteiger partial charge in [0.05, 0.1) is 17.1 Å². The van der Waals surface area contributed by atoms with Gasteiger partial charge in [-0.3, -0.25) is 14.6 Å². The Morgan fingerprint density at radius 1 is 1.27 bits per heavy atom. The highest BCUT2D eigenvalue weighted by atomic mass is 16.5. The Morgan fingerprint density at radius 2 is 1.95 bits per heavy atom. The number of allylic oxidation sites excluding steroid dienone is 2. The number of aryl methyl sites for hydroxylation is 1. The number of carbonyl (C=O) groups is 2. The third-order valence-electron chi connectivity index (χ3n) is 2.73. The average Bonchev–Trinajstić information content (AvgIpc) is 2.42. The van der Waals surface area contributed by atoms with Gasteiger partial charge in [-0.2, -0.15) is 0 Å². The number of ether oxygens (including phenoxy) is 1. The van der Waals surface area contributed by atoms with Gasteiger partial charge in [-0.1, -0.05) is 12.1 Å². The Balaban J connectivity index is 2.90. The first-order valence-corrected chi connectivity index (χ1v) is 6.81. The van der Waals surface area contributed by atoms with Crippen LogP contribution in [-0.4, -0.2) is 24.2 Å². The van der Waals surface area contributed by atoms with E-state index in [1.165, 1.54) is 6.92 Å². The first kappa shape index (κ1) is 17.4. The predicted octanol–water partition coefficient (Wildman–Crippen LogP) is 1.96. The van der Waals surface area contributed by atoms with Crippen molar-refractivity contribution < 1.29 is 14.3 Å². The minimum absolute atomic E-state index is 0.357. The summed E-state index contributed by atoms with van der Waals surface area (Å²) in [5.74, 6) is -0.982. The maximum atomic E-state index is 11.7. The highest BCUT2D eigenvalue weighted by Crippen LogP contribution is 2.15. The van der Waals surface area contributed by atoms with Crippen molar-refractivity contribution in [1.82, 2.24) is 5.32 Å². The van der Waals surface area contributed by atoms with Gasteiger partial charge in [0.25, 0.3) is 5.91 Å². The predicted molar refractivity (Wildman–Crippen MR) is 85.6 cm³/mol. The van der Waals surface area contributed by atoms with Crippen LogP contribution >= 0.6 is 0 Å². The SMILES string of the molecule is CC(=O)OCC(=O)NC(C(C)=Nc1cccc(C)c1)=C(C)N. The number of hydrogen-bond donors (Lipinski definition) is 2. The molecule has 0 saturated heterocycles. The zero-order valence-corrected chi connectivity index (χ0v) is 13.3. The molecular weight excluding hydrogens is 282 g/mol. The molecule has 0 fully saturated rings. The molecule has 0 bridgehead atoms. The van der Waals surface area contributed by atoms with E-state index in [9.17, 15) is 9.59 Å². The van der Waals surface area contributed by atoms with Crippen LogP contribution < -0.4 is 11.1 Å². The molecule has 6 heteroatoms. The lowest BCUT2D eigenvalue weighted by atomic mass is 10.2. The molecule has 1 amide bonds. The van der Waals surface area contributed by atoms with Gasteiger partial charge in [-0.15, -0.1) is 0 Å². The number of nitrogens with two attached hydrogens (primary N) is 1. The Labute approximate surface area is 130 Å². The van der Waals surface area contributed by atoms with Gasteiger partial charge in [0.2, 0.25) is 0 Å². The minimum atomic E-state index is -0.518. The normalized spacial score (nSPS) is 12.5. The van der Waals surface area contributed by atoms with E-state index in [1.807, 2.05) is 31.2 Å². The van der Waals surface area contributed by atoms with Gasteiger partial charge in [0.1, 0.15) is 0 Å². The number of esters is 1. The fourth-order valence-corrected chi connectivity index (χ4v) is 1.76. The Morgan fingerprint density at radius 3 is 2.50 bits per heavy atom. The lowest BCUT2D eigenvalue weighted by Gasteiger charge is -2.12. The van der Waals surface area contributed by atoms with Crippen LogP contribution in [0.15, 0.2) is 40.7 Å². The molecule has 0 aliphatic carbocycles. The summed E-state index contributed by atoms with van der Waals surface area (Å²) in [7, 11) is 0. The fourth-order valence-electron chi connectivity index (χ4n) is 1.76. The van der Waals surface area contributed by atoms with Crippen LogP contribution in [0.25, 0.3) is 0 Å². The molecule has 22 heavy (non-hydrogen) atoms. The summed E-state index contributed by atoms with van der Waals surface area (Å²) < 4.78 is 4.64. The molecule has 0 spiro atoms. The van der Waals surface area contributed by atoms with E-state index in [-0.39, 0.29) is 6.61 Å². The number of hydrogen-bond acceptors (Lipinski definition) is 5. The molecule has 0 aliphatic rings. The molecule has 1 aromatic rings. The molecule has 0 aromatic heterocycles. The fraction of sp³-hybridized carbons (Fsp3) is 0.312. The number of nitrogens with zero attached hydrogens (tertiary/aromatic N) is 1. The second-order valence-electron chi connectivity index (χ2n) is 4.92. The van der Waals surface area contributed by atoms with Crippen LogP contribution in [-0.2, 0) is 14.3 Å². The smallest absolute Gasteiger partial charge is 0.303 e. The van der Waals surface area contributed by atoms with E-state index in [2.05, 4.69) is 15.0 Å². The third kappa shape index (κ3) is 5.78. The summed E-state index contributed by atoms with van der Waals surface area (Å²) in [6.07, 6.45) is 0. The third-order valence-corrected chi connectivity index (χ3v) is 2.73. The van der Waals surface area contributed by atoms with Crippen molar-refractivity contribution in [2.45, 2.75) is 27.7 Å². The molecule has 0 atom stereocenters. The van der Waals surface area contributed by atoms with Crippen molar-refractivity contribution in [2.75, 3.05) is 6.61 Å². The molecule has 1 rings (SSSR count). The topological polar surface area (TPSA) is 93.8 Å². The molecule has 3 N–H and O–H groups in total. The molecule has 0 aliphatic heterocycles. The largest absolute Gasteiger partial charge is 0.456 e. The van der Waals surface area contributed by atoms with Crippen molar-refractivity contribution >= 4 is 23.3 Å². The standard InChI is InChI=1S/C16H21N3O3/c1-10-6-5-7-14(8-10)18-12(3)16(11(2)17)19-15(21)9-22-13(4)20/h5-8H,9,17H2,1-4H3,(H,19,21). The first-order valence-electron chi connectivity index (χ1n) is 6.81. The van der Waals surface area contributed by atoms with Gasteiger partial charge in [0, 0.05) is 12.6 Å². The highest BCUT2D eigenvalue weighted by Gasteiger charge is 2.11. The quantitative estimate of drug-likeness (QED) is 0.642. The van der Waals surface area contributed by atoms with Gasteiger partial charge < -0.3 is 15.8 Å². The van der Waals surface area contributed by atoms with Crippen LogP contribution in [0.2, 0.25) is 0 Å². The Kier molecular flexibility index (Phi) is 6.31. The number of benzene rings is 1. The lowest BCUT2D eigenvalue weighted by molar-refractivity contribution is -0.146. The van der Waals surface area contributed by atoms with E-state index >= 15 is 0 Å². The van der Waals surface area contributed by atoms with Crippen molar-refractivity contribution in [1.29, 1.82) is 0 Å². The lowest BCUT2D eigenvalue weighted by Crippen LogP contribution is -2.32. The molecule has 0 heterocycles. The number of carbonyl (C=O) groups excluding carboxylic acids is 2. The number of rotatable bonds is 5. The molecule has 1 aromatic carbocycles. The average molecular weight is 303 g/mol. The van der Waals surface area contributed by atoms with E-state index < -0.39 is 11.9 Å². The highest BCUT2D eigenvalue weighted by molar-refractivity contribution is 6.03. The van der Waals surface area contributed by atoms with Gasteiger partial charge in [-0.05, 0) is 38.5 Å². The zero-order chi connectivity index (χ0) is 16.7. The van der Waals surface area contributed by atoms with E-state index in [4.69, 9.17) is 5.73 Å². The number of nitrogens with one attached hydrogen (secondary N) is 1. The maximum absolute atomic E-state index is 11.7. The van der Waals surface area contributed by atoms with Crippen LogP contribution in [0, 0.1) is 6.92 Å². The van der Waals surface area contributed by atoms with Crippen molar-refractivity contribution in [3.8, 4) is 0 Å². The summed E-state index contributed by atoms with van der Waals surface area (Å²) in [5.41, 5.74) is 9.06. The second kappa shape index (κ2) is 7.97. The monoisotopic (exact) mass is 303 g/mol. The minimum Gasteiger partial charge on any atom is -0.456 e. The summed E-state index contributed by atoms with van der Waals surface area (Å²) in [6.45, 7) is 6.27. The maximum Gasteiger partial charge on any atom is 0.303 e. The van der Waals surface area contributed by atoms with Crippen molar-refractivity contribution in [2.24, 2.45) is 10.7 Å². The van der Waals surface area contributed by atoms with Crippen LogP contribution in [0.3, 0.4) is 0 Å². The summed E-state index contributed by atoms with van der Waals surface area (Å²) in [5, 5.41) is 2.61. The van der Waals surface area contributed by atoms with E-state index in [0.717, 1.165) is 11.3 Å². The Hall–Kier alpha value is -2.63. The van der Waals surface area contributed by atoms with Crippen LogP contribution in [0.1, 0.15) is 26.3 Å². The second-order valence-corrected chi connectivity index (χ2v) is 4.92. The van der Waals surface area contributed by atoms with Gasteiger partial charge in [0.15, 0.2) is 6.61 Å². The summed E-state index contributed by atoms with van der Waals surface area (Å²) in [4.78, 5) is 26.9. The molecule has 6 nitrogen and oxygen atoms in total. The summed E-state index contributed by atoms with van der Waals surface area (Å²) in [6, 6.07) is 7.66. The zero-order valence-electron chi connectivity index (χ0n) is 13.3. The van der Waals surface area contributed by atoms with Gasteiger partial charge in [-0.25, -0.2) is 0 Å². The molecule has 0 unspecified atom stereocenters. The van der Waals surface area contributed by atoms with Gasteiger partial charge >= 0.3 is 5.97 Å². The van der Waals surface area contributed by atoms with E-state index in [0.29, 0.717) is 17.1 Å². The van der Waals surface area contributed by atoms with Crippen molar-refractivity contribution in [3.63, 3.8) is 0 Å². The van der Waals surface area contributed by atoms with Crippen LogP contribution in [0.4, 0.5) is 5.69 Å². The Bertz CT molecular complexity index is 629. The number of aliphatic imine (C=N–C) groups is 1. The number of amides is 1.